The molecule has 0 unspecified atom stereocenters. The fourth-order valence-electron chi connectivity index (χ4n) is 1.41. The summed E-state index contributed by atoms with van der Waals surface area (Å²) in [6.45, 7) is 7.81. The van der Waals surface area contributed by atoms with E-state index in [2.05, 4.69) is 5.32 Å². The highest BCUT2D eigenvalue weighted by Crippen LogP contribution is 2.09. The van der Waals surface area contributed by atoms with Crippen molar-refractivity contribution in [3.05, 3.63) is 0 Å². The van der Waals surface area contributed by atoms with E-state index in [1.165, 1.54) is 0 Å². The van der Waals surface area contributed by atoms with Crippen molar-refractivity contribution in [3.63, 3.8) is 0 Å². The Bertz CT molecular complexity index is 180. The first-order valence-corrected chi connectivity index (χ1v) is 3.53. The highest BCUT2D eigenvalue weighted by molar-refractivity contribution is 5.78. The van der Waals surface area contributed by atoms with Gasteiger partial charge in [-0.15, -0.1) is 0 Å². The summed E-state index contributed by atoms with van der Waals surface area (Å²) >= 11 is 0. The first-order chi connectivity index (χ1) is 4.33. The SMILES string of the molecule is CC1(C)NC(C)(C)C(=O)[NH2+]1.[Cl-].[Cl-]. The second-order valence-corrected chi connectivity index (χ2v) is 3.98. The minimum absolute atomic E-state index is 0. The van der Waals surface area contributed by atoms with Gasteiger partial charge in [-0.25, -0.2) is 10.1 Å². The zero-order valence-electron chi connectivity index (χ0n) is 7.74. The highest BCUT2D eigenvalue weighted by Gasteiger charge is 2.47. The maximum Gasteiger partial charge on any atom is 0.331 e. The van der Waals surface area contributed by atoms with Gasteiger partial charge in [0.2, 0.25) is 0 Å². The average molecular weight is 214 g/mol. The van der Waals surface area contributed by atoms with E-state index in [-0.39, 0.29) is 41.9 Å². The van der Waals surface area contributed by atoms with Crippen LogP contribution in [0.3, 0.4) is 0 Å². The summed E-state index contributed by atoms with van der Waals surface area (Å²) in [5.74, 6) is 0.192. The van der Waals surface area contributed by atoms with Gasteiger partial charge in [0.1, 0.15) is 5.54 Å². The molecule has 1 aliphatic heterocycles. The first-order valence-electron chi connectivity index (χ1n) is 3.53. The zero-order chi connectivity index (χ0) is 7.99. The van der Waals surface area contributed by atoms with E-state index >= 15 is 0 Å². The van der Waals surface area contributed by atoms with Crippen molar-refractivity contribution in [1.82, 2.24) is 5.32 Å². The molecule has 0 aliphatic carbocycles. The van der Waals surface area contributed by atoms with Crippen LogP contribution in [0.1, 0.15) is 27.7 Å². The third-order valence-electron chi connectivity index (χ3n) is 1.74. The normalized spacial score (nSPS) is 24.2. The maximum atomic E-state index is 11.2. The number of primary amides is 1. The van der Waals surface area contributed by atoms with Crippen LogP contribution in [-0.2, 0) is 4.79 Å². The van der Waals surface area contributed by atoms with Crippen LogP contribution in [0.4, 0.5) is 0 Å². The topological polar surface area (TPSA) is 45.7 Å². The summed E-state index contributed by atoms with van der Waals surface area (Å²) in [6, 6.07) is 0. The monoisotopic (exact) mass is 213 g/mol. The number of amides is 1. The van der Waals surface area contributed by atoms with Crippen molar-refractivity contribution in [2.75, 3.05) is 0 Å². The van der Waals surface area contributed by atoms with Gasteiger partial charge in [-0.2, -0.15) is 0 Å². The van der Waals surface area contributed by atoms with E-state index < -0.39 is 0 Å². The Balaban J connectivity index is 0. The van der Waals surface area contributed by atoms with Gasteiger partial charge >= 0.3 is 5.91 Å². The maximum absolute atomic E-state index is 11.2. The number of quaternary nitrogens is 1. The summed E-state index contributed by atoms with van der Waals surface area (Å²) in [4.78, 5) is 11.2. The van der Waals surface area contributed by atoms with Crippen LogP contribution in [0.25, 0.3) is 0 Å². The van der Waals surface area contributed by atoms with Crippen LogP contribution in [0.15, 0.2) is 0 Å². The van der Waals surface area contributed by atoms with Gasteiger partial charge in [-0.05, 0) is 13.8 Å². The van der Waals surface area contributed by atoms with Crippen molar-refractivity contribution in [2.24, 2.45) is 0 Å². The summed E-state index contributed by atoms with van der Waals surface area (Å²) < 4.78 is 0. The van der Waals surface area contributed by atoms with Crippen LogP contribution in [0.2, 0.25) is 0 Å². The Morgan fingerprint density at radius 2 is 1.58 bits per heavy atom. The molecule has 1 saturated heterocycles. The largest absolute Gasteiger partial charge is 1.00 e. The molecule has 1 heterocycles. The molecule has 3 N–H and O–H groups in total. The van der Waals surface area contributed by atoms with Gasteiger partial charge in [0.05, 0.1) is 0 Å². The van der Waals surface area contributed by atoms with Crippen molar-refractivity contribution >= 4 is 5.91 Å². The number of halogens is 2. The molecule has 0 saturated carbocycles. The molecule has 74 valence electrons. The lowest BCUT2D eigenvalue weighted by Crippen LogP contribution is -3.00. The minimum Gasteiger partial charge on any atom is -1.00 e. The van der Waals surface area contributed by atoms with Crippen molar-refractivity contribution in [2.45, 2.75) is 38.9 Å². The molecule has 3 nitrogen and oxygen atoms in total. The van der Waals surface area contributed by atoms with Gasteiger partial charge < -0.3 is 24.8 Å². The van der Waals surface area contributed by atoms with Crippen LogP contribution < -0.4 is 35.4 Å². The number of carbonyl (C=O) groups excluding carboxylic acids is 1. The van der Waals surface area contributed by atoms with Crippen LogP contribution in [0, 0.1) is 0 Å². The molecule has 5 heteroatoms. The molecular formula is C7H15Cl2N2O-. The molecule has 0 radical (unpaired) electrons. The van der Waals surface area contributed by atoms with Crippen LogP contribution in [-0.4, -0.2) is 17.1 Å². The summed E-state index contributed by atoms with van der Waals surface area (Å²) in [6.07, 6.45) is 0. The Labute approximate surface area is 85.5 Å². The van der Waals surface area contributed by atoms with E-state index in [1.807, 2.05) is 27.7 Å². The molecular weight excluding hydrogens is 199 g/mol. The molecule has 0 aromatic heterocycles. The molecule has 0 aromatic carbocycles. The van der Waals surface area contributed by atoms with Crippen LogP contribution >= 0.6 is 0 Å². The summed E-state index contributed by atoms with van der Waals surface area (Å²) in [5.41, 5.74) is -0.482. The fourth-order valence-corrected chi connectivity index (χ4v) is 1.41. The average Bonchev–Trinajstić information content (AvgIpc) is 1.73. The molecule has 1 amide bonds. The Morgan fingerprint density at radius 3 is 1.67 bits per heavy atom. The van der Waals surface area contributed by atoms with Gasteiger partial charge in [0.25, 0.3) is 0 Å². The molecule has 1 aliphatic rings. The minimum atomic E-state index is -0.358. The summed E-state index contributed by atoms with van der Waals surface area (Å²) in [7, 11) is 0. The van der Waals surface area contributed by atoms with Crippen molar-refractivity contribution in [1.29, 1.82) is 0 Å². The van der Waals surface area contributed by atoms with Gasteiger partial charge in [0, 0.05) is 13.8 Å². The second-order valence-electron chi connectivity index (χ2n) is 3.98. The molecule has 1 fully saturated rings. The molecule has 0 spiro atoms. The number of rotatable bonds is 0. The number of nitrogens with one attached hydrogen (secondary N) is 1. The summed E-state index contributed by atoms with van der Waals surface area (Å²) in [5, 5.41) is 4.96. The number of hydrogen-bond acceptors (Lipinski definition) is 2. The standard InChI is InChI=1S/C7H14N2O.2ClH/c1-6(2)5(10)8-7(3,4)9-6;;/h9H,1-4H3,(H,8,10);2*1H/p-1. The Hall–Kier alpha value is 0.170. The van der Waals surface area contributed by atoms with Gasteiger partial charge in [-0.3, -0.25) is 5.32 Å². The fraction of sp³-hybridized carbons (Fsp3) is 0.857. The van der Waals surface area contributed by atoms with E-state index in [1.54, 1.807) is 5.32 Å². The predicted molar refractivity (Wildman–Crippen MR) is 38.2 cm³/mol. The lowest BCUT2D eigenvalue weighted by atomic mass is 10.1. The third-order valence-corrected chi connectivity index (χ3v) is 1.74. The smallest absolute Gasteiger partial charge is 0.331 e. The second kappa shape index (κ2) is 3.92. The first kappa shape index (κ1) is 14.7. The van der Waals surface area contributed by atoms with E-state index in [9.17, 15) is 4.79 Å². The molecule has 0 atom stereocenters. The number of hydrogen-bond donors (Lipinski definition) is 2. The van der Waals surface area contributed by atoms with Crippen LogP contribution in [0.5, 0.6) is 0 Å². The van der Waals surface area contributed by atoms with E-state index in [0.717, 1.165) is 0 Å². The predicted octanol–water partition coefficient (Wildman–Crippen LogP) is -6.80. The van der Waals surface area contributed by atoms with E-state index in [0.29, 0.717) is 0 Å². The third kappa shape index (κ3) is 2.90. The Morgan fingerprint density at radius 1 is 1.17 bits per heavy atom. The molecule has 0 bridgehead atoms. The van der Waals surface area contributed by atoms with Gasteiger partial charge in [0.15, 0.2) is 5.66 Å². The van der Waals surface area contributed by atoms with E-state index in [4.69, 9.17) is 0 Å². The molecule has 1 rings (SSSR count). The quantitative estimate of drug-likeness (QED) is 0.421. The van der Waals surface area contributed by atoms with Crippen molar-refractivity contribution in [3.8, 4) is 0 Å². The lowest BCUT2D eigenvalue weighted by molar-refractivity contribution is -0.629. The lowest BCUT2D eigenvalue weighted by Gasteiger charge is -2.16. The highest BCUT2D eigenvalue weighted by atomic mass is 35.5. The van der Waals surface area contributed by atoms with Crippen molar-refractivity contribution < 1.29 is 34.9 Å². The zero-order valence-corrected chi connectivity index (χ0v) is 9.25. The number of nitrogens with two attached hydrogens (primary N) is 1. The number of carbonyl (C=O) groups is 1. The molecule has 0 aromatic rings. The van der Waals surface area contributed by atoms with Gasteiger partial charge in [-0.1, -0.05) is 0 Å². The Kier molecular flexibility index (Phi) is 4.79. The molecule has 12 heavy (non-hydrogen) atoms.